The molecule has 2 aliphatic heterocycles. The average Bonchev–Trinajstić information content (AvgIpc) is 2.88. The Morgan fingerprint density at radius 2 is 2.29 bits per heavy atom. The Hall–Kier alpha value is -0.590. The molecule has 96 valence electrons. The third-order valence-corrected chi connectivity index (χ3v) is 4.17. The highest BCUT2D eigenvalue weighted by molar-refractivity contribution is 8.14. The SMILES string of the molecule is COCCN1CCC[C@H]1CN1C(=O)CSC1=O. The maximum absolute atomic E-state index is 11.5. The van der Waals surface area contributed by atoms with Crippen molar-refractivity contribution < 1.29 is 14.3 Å². The summed E-state index contributed by atoms with van der Waals surface area (Å²) >= 11 is 1.11. The Kier molecular flexibility index (Phi) is 4.42. The van der Waals surface area contributed by atoms with Crippen molar-refractivity contribution in [3.63, 3.8) is 0 Å². The van der Waals surface area contributed by atoms with Crippen LogP contribution in [0.2, 0.25) is 0 Å². The lowest BCUT2D eigenvalue weighted by atomic mass is 10.2. The molecule has 0 aliphatic carbocycles. The van der Waals surface area contributed by atoms with Gasteiger partial charge in [-0.1, -0.05) is 11.8 Å². The molecule has 2 rings (SSSR count). The summed E-state index contributed by atoms with van der Waals surface area (Å²) in [5.74, 6) is 0.266. The monoisotopic (exact) mass is 258 g/mol. The van der Waals surface area contributed by atoms with Gasteiger partial charge in [0.25, 0.3) is 5.24 Å². The summed E-state index contributed by atoms with van der Waals surface area (Å²) in [4.78, 5) is 26.8. The molecule has 0 bridgehead atoms. The van der Waals surface area contributed by atoms with E-state index in [1.165, 1.54) is 4.90 Å². The highest BCUT2D eigenvalue weighted by Gasteiger charge is 2.34. The lowest BCUT2D eigenvalue weighted by Crippen LogP contribution is -2.43. The van der Waals surface area contributed by atoms with E-state index in [-0.39, 0.29) is 11.1 Å². The topological polar surface area (TPSA) is 49.9 Å². The van der Waals surface area contributed by atoms with Crippen LogP contribution in [0.3, 0.4) is 0 Å². The van der Waals surface area contributed by atoms with E-state index in [0.717, 1.165) is 37.7 Å². The second-order valence-corrected chi connectivity index (χ2v) is 5.31. The van der Waals surface area contributed by atoms with Crippen LogP contribution in [-0.4, -0.2) is 66.1 Å². The van der Waals surface area contributed by atoms with Gasteiger partial charge in [0.15, 0.2) is 0 Å². The van der Waals surface area contributed by atoms with Crippen LogP contribution in [-0.2, 0) is 9.53 Å². The molecular formula is C11H18N2O3S. The number of imide groups is 1. The van der Waals surface area contributed by atoms with E-state index in [1.54, 1.807) is 7.11 Å². The Balaban J connectivity index is 1.88. The summed E-state index contributed by atoms with van der Waals surface area (Å²) < 4.78 is 5.07. The van der Waals surface area contributed by atoms with Crippen molar-refractivity contribution >= 4 is 22.9 Å². The van der Waals surface area contributed by atoms with Crippen LogP contribution in [0.1, 0.15) is 12.8 Å². The number of carbonyl (C=O) groups excluding carboxylic acids is 2. The third-order valence-electron chi connectivity index (χ3n) is 3.32. The molecule has 2 heterocycles. The van der Waals surface area contributed by atoms with Crippen molar-refractivity contribution in [1.82, 2.24) is 9.80 Å². The largest absolute Gasteiger partial charge is 0.383 e. The molecule has 0 radical (unpaired) electrons. The molecule has 2 saturated heterocycles. The third kappa shape index (κ3) is 3.00. The van der Waals surface area contributed by atoms with E-state index < -0.39 is 0 Å². The molecule has 0 aromatic heterocycles. The summed E-state index contributed by atoms with van der Waals surface area (Å²) in [5, 5.41) is -0.0893. The number of likely N-dealkylation sites (tertiary alicyclic amines) is 1. The Morgan fingerprint density at radius 1 is 1.47 bits per heavy atom. The zero-order valence-corrected chi connectivity index (χ0v) is 10.9. The summed E-state index contributed by atoms with van der Waals surface area (Å²) in [6.45, 7) is 3.17. The number of methoxy groups -OCH3 is 1. The fourth-order valence-corrected chi connectivity index (χ4v) is 3.11. The fourth-order valence-electron chi connectivity index (χ4n) is 2.37. The zero-order chi connectivity index (χ0) is 12.3. The second-order valence-electron chi connectivity index (χ2n) is 4.38. The van der Waals surface area contributed by atoms with Crippen molar-refractivity contribution in [2.75, 3.05) is 39.1 Å². The van der Waals surface area contributed by atoms with Gasteiger partial charge >= 0.3 is 0 Å². The van der Waals surface area contributed by atoms with Gasteiger partial charge in [0.05, 0.1) is 12.4 Å². The van der Waals surface area contributed by atoms with Gasteiger partial charge in [-0.15, -0.1) is 0 Å². The van der Waals surface area contributed by atoms with E-state index >= 15 is 0 Å². The quantitative estimate of drug-likeness (QED) is 0.730. The Morgan fingerprint density at radius 3 is 2.94 bits per heavy atom. The predicted octanol–water partition coefficient (Wildman–Crippen LogP) is 0.793. The Bertz CT molecular complexity index is 295. The number of rotatable bonds is 5. The molecule has 0 N–H and O–H groups in total. The van der Waals surface area contributed by atoms with Gasteiger partial charge in [-0.3, -0.25) is 19.4 Å². The van der Waals surface area contributed by atoms with Crippen LogP contribution in [0, 0.1) is 0 Å². The molecule has 0 aromatic rings. The maximum atomic E-state index is 11.5. The number of hydrogen-bond donors (Lipinski definition) is 0. The molecule has 5 nitrogen and oxygen atoms in total. The first-order valence-corrected chi connectivity index (χ1v) is 6.91. The highest BCUT2D eigenvalue weighted by Crippen LogP contribution is 2.23. The molecule has 17 heavy (non-hydrogen) atoms. The number of amides is 2. The van der Waals surface area contributed by atoms with Crippen molar-refractivity contribution in [3.05, 3.63) is 0 Å². The van der Waals surface area contributed by atoms with Gasteiger partial charge in [-0.2, -0.15) is 0 Å². The van der Waals surface area contributed by atoms with Gasteiger partial charge in [-0.25, -0.2) is 0 Å². The van der Waals surface area contributed by atoms with Crippen LogP contribution >= 0.6 is 11.8 Å². The van der Waals surface area contributed by atoms with E-state index in [4.69, 9.17) is 4.74 Å². The first-order chi connectivity index (χ1) is 8.22. The van der Waals surface area contributed by atoms with Crippen LogP contribution in [0.15, 0.2) is 0 Å². The van der Waals surface area contributed by atoms with E-state index in [1.807, 2.05) is 0 Å². The zero-order valence-electron chi connectivity index (χ0n) is 10.1. The minimum atomic E-state index is -0.0893. The molecule has 0 saturated carbocycles. The standard InChI is InChI=1S/C11H18N2O3S/c1-16-6-5-12-4-2-3-9(12)7-13-10(14)8-17-11(13)15/h9H,2-8H2,1H3/t9-/m0/s1. The van der Waals surface area contributed by atoms with Crippen molar-refractivity contribution in [1.29, 1.82) is 0 Å². The maximum Gasteiger partial charge on any atom is 0.288 e. The van der Waals surface area contributed by atoms with Gasteiger partial charge in [0.1, 0.15) is 0 Å². The van der Waals surface area contributed by atoms with Crippen LogP contribution in [0.25, 0.3) is 0 Å². The second kappa shape index (κ2) is 5.84. The summed E-state index contributed by atoms with van der Waals surface area (Å²) in [6.07, 6.45) is 2.20. The number of carbonyl (C=O) groups is 2. The van der Waals surface area contributed by atoms with Gasteiger partial charge in [-0.05, 0) is 19.4 Å². The average molecular weight is 258 g/mol. The van der Waals surface area contributed by atoms with E-state index in [0.29, 0.717) is 24.9 Å². The number of ether oxygens (including phenoxy) is 1. The molecule has 2 aliphatic rings. The normalized spacial score (nSPS) is 26.2. The Labute approximate surface area is 105 Å². The minimum absolute atomic E-state index is 0.0430. The molecular weight excluding hydrogens is 240 g/mol. The molecule has 6 heteroatoms. The lowest BCUT2D eigenvalue weighted by molar-refractivity contribution is -0.125. The summed E-state index contributed by atoms with van der Waals surface area (Å²) in [5.41, 5.74) is 0. The molecule has 0 unspecified atom stereocenters. The predicted molar refractivity (Wildman–Crippen MR) is 66.0 cm³/mol. The summed E-state index contributed by atoms with van der Waals surface area (Å²) in [7, 11) is 1.69. The van der Waals surface area contributed by atoms with Crippen LogP contribution in [0.4, 0.5) is 4.79 Å². The van der Waals surface area contributed by atoms with Crippen molar-refractivity contribution in [3.8, 4) is 0 Å². The molecule has 2 amide bonds. The number of nitrogens with zero attached hydrogens (tertiary/aromatic N) is 2. The van der Waals surface area contributed by atoms with Crippen molar-refractivity contribution in [2.24, 2.45) is 0 Å². The summed E-state index contributed by atoms with van der Waals surface area (Å²) in [6, 6.07) is 0.316. The van der Waals surface area contributed by atoms with Gasteiger partial charge in [0.2, 0.25) is 5.91 Å². The van der Waals surface area contributed by atoms with E-state index in [2.05, 4.69) is 4.90 Å². The van der Waals surface area contributed by atoms with Crippen LogP contribution in [0.5, 0.6) is 0 Å². The van der Waals surface area contributed by atoms with Crippen LogP contribution < -0.4 is 0 Å². The number of hydrogen-bond acceptors (Lipinski definition) is 5. The molecule has 0 spiro atoms. The number of thioether (sulfide) groups is 1. The fraction of sp³-hybridized carbons (Fsp3) is 0.818. The van der Waals surface area contributed by atoms with Crippen molar-refractivity contribution in [2.45, 2.75) is 18.9 Å². The first kappa shape index (κ1) is 12.9. The minimum Gasteiger partial charge on any atom is -0.383 e. The van der Waals surface area contributed by atoms with Gasteiger partial charge in [0, 0.05) is 26.2 Å². The van der Waals surface area contributed by atoms with E-state index in [9.17, 15) is 9.59 Å². The van der Waals surface area contributed by atoms with Gasteiger partial charge < -0.3 is 4.74 Å². The molecule has 0 aromatic carbocycles. The molecule has 1 atom stereocenters. The smallest absolute Gasteiger partial charge is 0.288 e. The lowest BCUT2D eigenvalue weighted by Gasteiger charge is -2.27. The molecule has 2 fully saturated rings. The highest BCUT2D eigenvalue weighted by atomic mass is 32.2. The first-order valence-electron chi connectivity index (χ1n) is 5.92.